The van der Waals surface area contributed by atoms with E-state index < -0.39 is 11.7 Å². The zero-order chi connectivity index (χ0) is 13.6. The van der Waals surface area contributed by atoms with Gasteiger partial charge in [-0.3, -0.25) is 0 Å². The molecular formula is C13H15BrF3N. The van der Waals surface area contributed by atoms with Gasteiger partial charge in [0.25, 0.3) is 0 Å². The van der Waals surface area contributed by atoms with E-state index in [-0.39, 0.29) is 0 Å². The van der Waals surface area contributed by atoms with Gasteiger partial charge in [0.2, 0.25) is 0 Å². The summed E-state index contributed by atoms with van der Waals surface area (Å²) in [7, 11) is 0. The van der Waals surface area contributed by atoms with E-state index in [1.54, 1.807) is 0 Å². The number of rotatable bonds is 3. The monoisotopic (exact) mass is 321 g/mol. The van der Waals surface area contributed by atoms with Crippen LogP contribution in [0.1, 0.15) is 25.8 Å². The first-order valence-electron chi connectivity index (χ1n) is 5.81. The van der Waals surface area contributed by atoms with Crippen molar-refractivity contribution in [3.8, 4) is 0 Å². The Morgan fingerprint density at radius 2 is 2.00 bits per heavy atom. The van der Waals surface area contributed by atoms with Gasteiger partial charge in [0.15, 0.2) is 0 Å². The predicted octanol–water partition coefficient (Wildman–Crippen LogP) is 4.93. The van der Waals surface area contributed by atoms with Crippen molar-refractivity contribution < 1.29 is 13.2 Å². The lowest BCUT2D eigenvalue weighted by Crippen LogP contribution is -2.09. The van der Waals surface area contributed by atoms with Crippen molar-refractivity contribution in [2.24, 2.45) is 11.3 Å². The summed E-state index contributed by atoms with van der Waals surface area (Å²) < 4.78 is 37.9. The molecule has 100 valence electrons. The number of anilines is 1. The first-order chi connectivity index (χ1) is 8.20. The molecule has 1 aromatic rings. The van der Waals surface area contributed by atoms with Gasteiger partial charge in [-0.1, -0.05) is 13.8 Å². The molecule has 18 heavy (non-hydrogen) atoms. The molecule has 1 aliphatic rings. The summed E-state index contributed by atoms with van der Waals surface area (Å²) in [5.41, 5.74) is 0.447. The summed E-state index contributed by atoms with van der Waals surface area (Å²) in [4.78, 5) is 0. The Labute approximate surface area is 113 Å². The molecule has 1 aliphatic carbocycles. The lowest BCUT2D eigenvalue weighted by Gasteiger charge is -2.12. The fourth-order valence-electron chi connectivity index (χ4n) is 1.99. The normalized spacial score (nSPS) is 21.8. The minimum absolute atomic E-state index is 0.366. The second kappa shape index (κ2) is 4.44. The van der Waals surface area contributed by atoms with E-state index in [1.807, 2.05) is 0 Å². The van der Waals surface area contributed by atoms with Gasteiger partial charge in [-0.15, -0.1) is 0 Å². The molecule has 0 amide bonds. The van der Waals surface area contributed by atoms with Crippen LogP contribution in [0, 0.1) is 11.3 Å². The molecule has 2 rings (SSSR count). The molecule has 0 aromatic heterocycles. The lowest BCUT2D eigenvalue weighted by atomic mass is 10.1. The SMILES string of the molecule is CC1(C)CC1CNc1ccc(C(F)(F)F)cc1Br. The van der Waals surface area contributed by atoms with Crippen LogP contribution in [0.25, 0.3) is 0 Å². The van der Waals surface area contributed by atoms with Crippen LogP contribution in [0.3, 0.4) is 0 Å². The molecule has 0 heterocycles. The van der Waals surface area contributed by atoms with Crippen molar-refractivity contribution in [3.63, 3.8) is 0 Å². The van der Waals surface area contributed by atoms with Crippen molar-refractivity contribution in [2.75, 3.05) is 11.9 Å². The lowest BCUT2D eigenvalue weighted by molar-refractivity contribution is -0.137. The average molecular weight is 322 g/mol. The molecule has 0 saturated heterocycles. The number of halogens is 4. The summed E-state index contributed by atoms with van der Waals surface area (Å²) in [5, 5.41) is 3.19. The van der Waals surface area contributed by atoms with Crippen LogP contribution in [0.5, 0.6) is 0 Å². The maximum absolute atomic E-state index is 12.5. The first kappa shape index (κ1) is 13.7. The van der Waals surface area contributed by atoms with Gasteiger partial charge in [0.1, 0.15) is 0 Å². The molecule has 1 aromatic carbocycles. The molecule has 1 fully saturated rings. The summed E-state index contributed by atoms with van der Waals surface area (Å²) in [6.45, 7) is 5.19. The second-order valence-electron chi connectivity index (χ2n) is 5.46. The second-order valence-corrected chi connectivity index (χ2v) is 6.32. The van der Waals surface area contributed by atoms with Gasteiger partial charge in [-0.25, -0.2) is 0 Å². The van der Waals surface area contributed by atoms with Crippen molar-refractivity contribution >= 4 is 21.6 Å². The molecule has 1 saturated carbocycles. The Balaban J connectivity index is 2.02. The van der Waals surface area contributed by atoms with Crippen LogP contribution in [0.2, 0.25) is 0 Å². The smallest absolute Gasteiger partial charge is 0.384 e. The van der Waals surface area contributed by atoms with Crippen LogP contribution in [0.15, 0.2) is 22.7 Å². The zero-order valence-electron chi connectivity index (χ0n) is 10.2. The van der Waals surface area contributed by atoms with Crippen molar-refractivity contribution in [3.05, 3.63) is 28.2 Å². The molecule has 0 spiro atoms. The third-order valence-corrected chi connectivity index (χ3v) is 4.21. The van der Waals surface area contributed by atoms with Crippen LogP contribution in [-0.2, 0) is 6.18 Å². The molecule has 1 atom stereocenters. The molecule has 5 heteroatoms. The standard InChI is InChI=1S/C13H15BrF3N/c1-12(2)6-9(12)7-18-11-4-3-8(5-10(11)14)13(15,16)17/h3-5,9,18H,6-7H2,1-2H3. The molecule has 0 bridgehead atoms. The molecule has 1 nitrogen and oxygen atoms in total. The van der Waals surface area contributed by atoms with Gasteiger partial charge >= 0.3 is 6.18 Å². The molecule has 0 aliphatic heterocycles. The summed E-state index contributed by atoms with van der Waals surface area (Å²) >= 11 is 3.18. The number of alkyl halides is 3. The Kier molecular flexibility index (Phi) is 3.38. The average Bonchev–Trinajstić information content (AvgIpc) is 2.83. The number of nitrogens with one attached hydrogen (secondary N) is 1. The van der Waals surface area contributed by atoms with Gasteiger partial charge in [-0.2, -0.15) is 13.2 Å². The van der Waals surface area contributed by atoms with Gasteiger partial charge < -0.3 is 5.32 Å². The zero-order valence-corrected chi connectivity index (χ0v) is 11.8. The maximum atomic E-state index is 12.5. The topological polar surface area (TPSA) is 12.0 Å². The number of hydrogen-bond donors (Lipinski definition) is 1. The fraction of sp³-hybridized carbons (Fsp3) is 0.538. The van der Waals surface area contributed by atoms with E-state index in [0.717, 1.165) is 25.1 Å². The Hall–Kier alpha value is -0.710. The van der Waals surface area contributed by atoms with E-state index in [1.165, 1.54) is 6.07 Å². The van der Waals surface area contributed by atoms with Gasteiger partial charge in [0.05, 0.1) is 5.56 Å². The predicted molar refractivity (Wildman–Crippen MR) is 69.5 cm³/mol. The van der Waals surface area contributed by atoms with Crippen molar-refractivity contribution in [1.82, 2.24) is 0 Å². The van der Waals surface area contributed by atoms with Gasteiger partial charge in [0, 0.05) is 16.7 Å². The molecule has 0 radical (unpaired) electrons. The third-order valence-electron chi connectivity index (χ3n) is 3.55. The largest absolute Gasteiger partial charge is 0.416 e. The number of hydrogen-bond acceptors (Lipinski definition) is 1. The molecule has 1 unspecified atom stereocenters. The highest BCUT2D eigenvalue weighted by Gasteiger charge is 2.45. The van der Waals surface area contributed by atoms with Crippen LogP contribution < -0.4 is 5.32 Å². The highest BCUT2D eigenvalue weighted by Crippen LogP contribution is 2.51. The quantitative estimate of drug-likeness (QED) is 0.832. The minimum Gasteiger partial charge on any atom is -0.384 e. The van der Waals surface area contributed by atoms with E-state index in [4.69, 9.17) is 0 Å². The maximum Gasteiger partial charge on any atom is 0.416 e. The first-order valence-corrected chi connectivity index (χ1v) is 6.60. The summed E-state index contributed by atoms with van der Waals surface area (Å²) in [6.07, 6.45) is -3.13. The van der Waals surface area contributed by atoms with Crippen molar-refractivity contribution in [1.29, 1.82) is 0 Å². The molecule has 1 N–H and O–H groups in total. The third kappa shape index (κ3) is 2.99. The van der Waals surface area contributed by atoms with E-state index in [2.05, 4.69) is 35.1 Å². The van der Waals surface area contributed by atoms with E-state index in [9.17, 15) is 13.2 Å². The summed E-state index contributed by atoms with van der Waals surface area (Å²) in [5.74, 6) is 0.603. The van der Waals surface area contributed by atoms with E-state index >= 15 is 0 Å². The Bertz CT molecular complexity index is 454. The van der Waals surface area contributed by atoms with Crippen LogP contribution >= 0.6 is 15.9 Å². The Morgan fingerprint density at radius 1 is 1.39 bits per heavy atom. The minimum atomic E-state index is -4.29. The number of benzene rings is 1. The van der Waals surface area contributed by atoms with Crippen molar-refractivity contribution in [2.45, 2.75) is 26.4 Å². The highest BCUT2D eigenvalue weighted by molar-refractivity contribution is 9.10. The van der Waals surface area contributed by atoms with Crippen LogP contribution in [0.4, 0.5) is 18.9 Å². The Morgan fingerprint density at radius 3 is 2.44 bits per heavy atom. The van der Waals surface area contributed by atoms with Gasteiger partial charge in [-0.05, 0) is 51.9 Å². The van der Waals surface area contributed by atoms with E-state index in [0.29, 0.717) is 21.5 Å². The molecular weight excluding hydrogens is 307 g/mol. The summed E-state index contributed by atoms with van der Waals surface area (Å²) in [6, 6.07) is 3.69. The van der Waals surface area contributed by atoms with Crippen LogP contribution in [-0.4, -0.2) is 6.54 Å². The fourth-order valence-corrected chi connectivity index (χ4v) is 2.51. The highest BCUT2D eigenvalue weighted by atomic mass is 79.9.